The second kappa shape index (κ2) is 6.74. The second-order valence-corrected chi connectivity index (χ2v) is 6.13. The van der Waals surface area contributed by atoms with E-state index < -0.39 is 0 Å². The van der Waals surface area contributed by atoms with E-state index >= 15 is 0 Å². The zero-order chi connectivity index (χ0) is 17.9. The Hall–Kier alpha value is -3.57. The molecule has 0 spiro atoms. The van der Waals surface area contributed by atoms with E-state index in [0.29, 0.717) is 5.57 Å². The molecule has 0 unspecified atom stereocenters. The summed E-state index contributed by atoms with van der Waals surface area (Å²) in [7, 11) is 1.67. The minimum absolute atomic E-state index is 0.645. The highest BCUT2D eigenvalue weighted by atomic mass is 16.5. The van der Waals surface area contributed by atoms with Crippen LogP contribution in [0.5, 0.6) is 5.75 Å². The molecule has 0 heterocycles. The van der Waals surface area contributed by atoms with Gasteiger partial charge in [0.15, 0.2) is 0 Å². The normalized spacial score (nSPS) is 11.5. The summed E-state index contributed by atoms with van der Waals surface area (Å²) in [6, 6.07) is 28.7. The van der Waals surface area contributed by atoms with Crippen LogP contribution in [0.2, 0.25) is 0 Å². The molecule has 0 aliphatic rings. The molecule has 2 heteroatoms. The summed E-state index contributed by atoms with van der Waals surface area (Å²) in [4.78, 5) is 0. The predicted octanol–water partition coefficient (Wildman–Crippen LogP) is 6.07. The van der Waals surface area contributed by atoms with Gasteiger partial charge in [-0.15, -0.1) is 0 Å². The summed E-state index contributed by atoms with van der Waals surface area (Å²) < 4.78 is 5.46. The first-order chi connectivity index (χ1) is 12.8. The van der Waals surface area contributed by atoms with Crippen molar-refractivity contribution in [1.82, 2.24) is 0 Å². The van der Waals surface area contributed by atoms with Gasteiger partial charge < -0.3 is 4.74 Å². The highest BCUT2D eigenvalue weighted by Gasteiger charge is 2.07. The third kappa shape index (κ3) is 2.81. The van der Waals surface area contributed by atoms with Crippen molar-refractivity contribution in [2.24, 2.45) is 0 Å². The van der Waals surface area contributed by atoms with Crippen LogP contribution in [0.25, 0.3) is 33.2 Å². The van der Waals surface area contributed by atoms with Gasteiger partial charge in [-0.25, -0.2) is 0 Å². The number of ether oxygens (including phenoxy) is 1. The number of hydrogen-bond donors (Lipinski definition) is 0. The summed E-state index contributed by atoms with van der Waals surface area (Å²) >= 11 is 0. The van der Waals surface area contributed by atoms with Gasteiger partial charge in [0.1, 0.15) is 5.75 Å². The van der Waals surface area contributed by atoms with Crippen molar-refractivity contribution in [3.8, 4) is 11.8 Å². The summed E-state index contributed by atoms with van der Waals surface area (Å²) in [6.07, 6.45) is 1.95. The van der Waals surface area contributed by atoms with Crippen LogP contribution in [0.4, 0.5) is 0 Å². The van der Waals surface area contributed by atoms with Crippen LogP contribution in [0, 0.1) is 11.3 Å². The number of nitrogens with zero attached hydrogens (tertiary/aromatic N) is 1. The van der Waals surface area contributed by atoms with E-state index in [1.165, 1.54) is 5.39 Å². The lowest BCUT2D eigenvalue weighted by Gasteiger charge is -2.09. The summed E-state index contributed by atoms with van der Waals surface area (Å²) in [5.74, 6) is 0.835. The molecule has 124 valence electrons. The Labute approximate surface area is 152 Å². The second-order valence-electron chi connectivity index (χ2n) is 6.13. The van der Waals surface area contributed by atoms with E-state index in [1.54, 1.807) is 7.11 Å². The van der Waals surface area contributed by atoms with Crippen LogP contribution in [0.1, 0.15) is 11.1 Å². The average molecular weight is 335 g/mol. The molecule has 2 nitrogen and oxygen atoms in total. The molecule has 0 saturated carbocycles. The van der Waals surface area contributed by atoms with Crippen molar-refractivity contribution in [3.05, 3.63) is 90.0 Å². The number of nitriles is 1. The molecular weight excluding hydrogens is 318 g/mol. The maximum absolute atomic E-state index is 9.74. The zero-order valence-electron chi connectivity index (χ0n) is 14.4. The maximum atomic E-state index is 9.74. The lowest BCUT2D eigenvalue weighted by Crippen LogP contribution is -1.88. The fourth-order valence-corrected chi connectivity index (χ4v) is 3.29. The number of benzene rings is 4. The zero-order valence-corrected chi connectivity index (χ0v) is 14.4. The van der Waals surface area contributed by atoms with Gasteiger partial charge in [0.05, 0.1) is 18.8 Å². The van der Waals surface area contributed by atoms with Crippen molar-refractivity contribution in [2.45, 2.75) is 0 Å². The van der Waals surface area contributed by atoms with Gasteiger partial charge in [-0.05, 0) is 45.5 Å². The fourth-order valence-electron chi connectivity index (χ4n) is 3.29. The maximum Gasteiger partial charge on any atom is 0.126 e. The molecule has 0 amide bonds. The van der Waals surface area contributed by atoms with E-state index in [2.05, 4.69) is 36.4 Å². The molecule has 4 aromatic carbocycles. The van der Waals surface area contributed by atoms with Gasteiger partial charge in [-0.1, -0.05) is 66.7 Å². The largest absolute Gasteiger partial charge is 0.496 e. The Morgan fingerprint density at radius 1 is 0.846 bits per heavy atom. The summed E-state index contributed by atoms with van der Waals surface area (Å²) in [5, 5.41) is 14.2. The van der Waals surface area contributed by atoms with Gasteiger partial charge >= 0.3 is 0 Å². The van der Waals surface area contributed by atoms with Gasteiger partial charge in [0.25, 0.3) is 0 Å². The van der Waals surface area contributed by atoms with Crippen LogP contribution >= 0.6 is 0 Å². The molecule has 0 radical (unpaired) electrons. The fraction of sp³-hybridized carbons (Fsp3) is 0.0417. The molecule has 0 aliphatic heterocycles. The SMILES string of the molecule is COc1ccc(/C=C(/C#N)c2ccc3ccccc3c2)c2ccccc12. The molecule has 0 aromatic heterocycles. The lowest BCUT2D eigenvalue weighted by atomic mass is 9.97. The number of methoxy groups -OCH3 is 1. The monoisotopic (exact) mass is 335 g/mol. The molecule has 0 N–H and O–H groups in total. The topological polar surface area (TPSA) is 33.0 Å². The smallest absolute Gasteiger partial charge is 0.126 e. The molecule has 26 heavy (non-hydrogen) atoms. The Morgan fingerprint density at radius 3 is 2.35 bits per heavy atom. The highest BCUT2D eigenvalue weighted by molar-refractivity contribution is 6.01. The number of fused-ring (bicyclic) bond motifs is 2. The van der Waals surface area contributed by atoms with E-state index in [9.17, 15) is 5.26 Å². The molecular formula is C24H17NO. The Balaban J connectivity index is 1.88. The number of rotatable bonds is 3. The van der Waals surface area contributed by atoms with Crippen molar-refractivity contribution < 1.29 is 4.74 Å². The standard InChI is InChI=1S/C24H17NO/c1-26-24-13-12-20(22-8-4-5-9-23(22)24)15-21(16-25)19-11-10-17-6-2-3-7-18(17)14-19/h2-15H,1H3/b21-15-. The van der Waals surface area contributed by atoms with Crippen molar-refractivity contribution in [1.29, 1.82) is 5.26 Å². The van der Waals surface area contributed by atoms with E-state index in [4.69, 9.17) is 4.74 Å². The molecule has 0 bridgehead atoms. The summed E-state index contributed by atoms with van der Waals surface area (Å²) in [6.45, 7) is 0. The van der Waals surface area contributed by atoms with Gasteiger partial charge in [0.2, 0.25) is 0 Å². The van der Waals surface area contributed by atoms with Gasteiger partial charge in [0, 0.05) is 5.39 Å². The van der Waals surface area contributed by atoms with Crippen LogP contribution < -0.4 is 4.74 Å². The molecule has 0 fully saturated rings. The predicted molar refractivity (Wildman–Crippen MR) is 108 cm³/mol. The van der Waals surface area contributed by atoms with E-state index in [-0.39, 0.29) is 0 Å². The Kier molecular flexibility index (Phi) is 4.13. The average Bonchev–Trinajstić information content (AvgIpc) is 2.71. The first kappa shape index (κ1) is 15.9. The van der Waals surface area contributed by atoms with E-state index in [0.717, 1.165) is 33.0 Å². The number of allylic oxidation sites excluding steroid dienone is 1. The van der Waals surface area contributed by atoms with Crippen molar-refractivity contribution >= 4 is 33.2 Å². The van der Waals surface area contributed by atoms with Crippen molar-refractivity contribution in [3.63, 3.8) is 0 Å². The number of hydrogen-bond acceptors (Lipinski definition) is 2. The quantitative estimate of drug-likeness (QED) is 0.336. The third-order valence-corrected chi connectivity index (χ3v) is 4.62. The Morgan fingerprint density at radius 2 is 1.58 bits per heavy atom. The van der Waals surface area contributed by atoms with Crippen LogP contribution in [-0.2, 0) is 0 Å². The van der Waals surface area contributed by atoms with Crippen molar-refractivity contribution in [2.75, 3.05) is 7.11 Å². The highest BCUT2D eigenvalue weighted by Crippen LogP contribution is 2.31. The van der Waals surface area contributed by atoms with Crippen LogP contribution in [0.3, 0.4) is 0 Å². The van der Waals surface area contributed by atoms with Crippen LogP contribution in [-0.4, -0.2) is 7.11 Å². The molecule has 0 atom stereocenters. The first-order valence-electron chi connectivity index (χ1n) is 8.47. The van der Waals surface area contributed by atoms with Crippen LogP contribution in [0.15, 0.2) is 78.9 Å². The molecule has 4 aromatic rings. The van der Waals surface area contributed by atoms with Gasteiger partial charge in [-0.3, -0.25) is 0 Å². The molecule has 4 rings (SSSR count). The minimum Gasteiger partial charge on any atom is -0.496 e. The third-order valence-electron chi connectivity index (χ3n) is 4.62. The van der Waals surface area contributed by atoms with Gasteiger partial charge in [-0.2, -0.15) is 5.26 Å². The first-order valence-corrected chi connectivity index (χ1v) is 8.47. The molecule has 0 saturated heterocycles. The lowest BCUT2D eigenvalue weighted by molar-refractivity contribution is 0.420. The summed E-state index contributed by atoms with van der Waals surface area (Å²) in [5.41, 5.74) is 2.57. The molecule has 0 aliphatic carbocycles. The minimum atomic E-state index is 0.645. The Bertz CT molecular complexity index is 1180. The van der Waals surface area contributed by atoms with E-state index in [1.807, 2.05) is 54.6 Å².